The predicted molar refractivity (Wildman–Crippen MR) is 74.8 cm³/mol. The van der Waals surface area contributed by atoms with E-state index in [9.17, 15) is 13.2 Å². The van der Waals surface area contributed by atoms with Gasteiger partial charge < -0.3 is 15.4 Å². The van der Waals surface area contributed by atoms with Gasteiger partial charge in [0, 0.05) is 25.5 Å². The molecule has 106 valence electrons. The molecule has 1 rings (SSSR count). The molecule has 0 bridgehead atoms. The number of rotatable bonds is 6. The minimum Gasteiger partial charge on any atom is -0.399 e. The van der Waals surface area contributed by atoms with E-state index in [0.717, 1.165) is 0 Å². The van der Waals surface area contributed by atoms with Crippen LogP contribution in [0.3, 0.4) is 0 Å². The molecule has 2 N–H and O–H groups in total. The van der Waals surface area contributed by atoms with E-state index in [1.54, 1.807) is 24.3 Å². The molecule has 1 amide bonds. The predicted octanol–water partition coefficient (Wildman–Crippen LogP) is 0.293. The van der Waals surface area contributed by atoms with Crippen molar-refractivity contribution in [1.82, 2.24) is 0 Å². The smallest absolute Gasteiger partial charge is 0.241 e. The zero-order valence-corrected chi connectivity index (χ0v) is 11.8. The molecule has 1 aromatic carbocycles. The Kier molecular flexibility index (Phi) is 5.31. The topological polar surface area (TPSA) is 89.7 Å². The van der Waals surface area contributed by atoms with E-state index in [-0.39, 0.29) is 12.4 Å². The summed E-state index contributed by atoms with van der Waals surface area (Å²) in [7, 11) is -0.503. The van der Waals surface area contributed by atoms with Gasteiger partial charge in [0.15, 0.2) is 9.84 Å². The van der Waals surface area contributed by atoms with Crippen LogP contribution in [0.1, 0.15) is 0 Å². The molecule has 0 aliphatic rings. The number of hydrogen-bond donors (Lipinski definition) is 1. The lowest BCUT2D eigenvalue weighted by molar-refractivity contribution is -0.115. The molecule has 0 aromatic heterocycles. The zero-order valence-electron chi connectivity index (χ0n) is 11.0. The Hall–Kier alpha value is -1.60. The van der Waals surface area contributed by atoms with Crippen LogP contribution in [0, 0.1) is 0 Å². The molecule has 0 saturated carbocycles. The summed E-state index contributed by atoms with van der Waals surface area (Å²) < 4.78 is 28.0. The number of sulfone groups is 1. The number of ether oxygens (including phenoxy) is 1. The highest BCUT2D eigenvalue weighted by Crippen LogP contribution is 2.15. The number of amides is 1. The van der Waals surface area contributed by atoms with E-state index in [0.29, 0.717) is 11.4 Å². The highest BCUT2D eigenvalue weighted by molar-refractivity contribution is 7.92. The SMILES string of the molecule is COCCS(=O)(=O)CC(=O)N(C)c1ccc(N)cc1. The van der Waals surface area contributed by atoms with E-state index in [2.05, 4.69) is 0 Å². The fourth-order valence-corrected chi connectivity index (χ4v) is 2.54. The van der Waals surface area contributed by atoms with Crippen molar-refractivity contribution in [2.45, 2.75) is 0 Å². The number of benzene rings is 1. The summed E-state index contributed by atoms with van der Waals surface area (Å²) in [6, 6.07) is 6.63. The van der Waals surface area contributed by atoms with Gasteiger partial charge >= 0.3 is 0 Å². The first-order chi connectivity index (χ1) is 8.85. The van der Waals surface area contributed by atoms with Crippen molar-refractivity contribution in [3.8, 4) is 0 Å². The van der Waals surface area contributed by atoms with Gasteiger partial charge in [0.05, 0.1) is 12.4 Å². The van der Waals surface area contributed by atoms with Crippen LogP contribution in [0.5, 0.6) is 0 Å². The van der Waals surface area contributed by atoms with Gasteiger partial charge in [0.25, 0.3) is 0 Å². The summed E-state index contributed by atoms with van der Waals surface area (Å²) >= 11 is 0. The summed E-state index contributed by atoms with van der Waals surface area (Å²) in [4.78, 5) is 13.2. The van der Waals surface area contributed by atoms with Gasteiger partial charge in [-0.05, 0) is 24.3 Å². The molecule has 1 aromatic rings. The van der Waals surface area contributed by atoms with Crippen molar-refractivity contribution in [3.63, 3.8) is 0 Å². The lowest BCUT2D eigenvalue weighted by Gasteiger charge is -2.17. The Labute approximate surface area is 113 Å². The molecule has 0 saturated heterocycles. The summed E-state index contributed by atoms with van der Waals surface area (Å²) in [5.74, 6) is -1.18. The van der Waals surface area contributed by atoms with Crippen molar-refractivity contribution in [3.05, 3.63) is 24.3 Å². The fraction of sp³-hybridized carbons (Fsp3) is 0.417. The van der Waals surface area contributed by atoms with Crippen molar-refractivity contribution >= 4 is 27.1 Å². The molecular formula is C12H18N2O4S. The summed E-state index contributed by atoms with van der Waals surface area (Å²) in [6.45, 7) is 0.0845. The Bertz CT molecular complexity index is 525. The summed E-state index contributed by atoms with van der Waals surface area (Å²) in [6.07, 6.45) is 0. The zero-order chi connectivity index (χ0) is 14.5. The number of carbonyl (C=O) groups is 1. The van der Waals surface area contributed by atoms with Crippen LogP contribution < -0.4 is 10.6 Å². The van der Waals surface area contributed by atoms with Crippen LogP contribution in [0.2, 0.25) is 0 Å². The van der Waals surface area contributed by atoms with Crippen molar-refractivity contribution in [1.29, 1.82) is 0 Å². The molecule has 0 aliphatic heterocycles. The summed E-state index contributed by atoms with van der Waals surface area (Å²) in [5, 5.41) is 0. The van der Waals surface area contributed by atoms with E-state index in [1.807, 2.05) is 0 Å². The van der Waals surface area contributed by atoms with Gasteiger partial charge in [-0.25, -0.2) is 8.42 Å². The summed E-state index contributed by atoms with van der Waals surface area (Å²) in [5.41, 5.74) is 6.73. The maximum atomic E-state index is 11.9. The van der Waals surface area contributed by atoms with Crippen LogP contribution in [-0.4, -0.2) is 46.6 Å². The van der Waals surface area contributed by atoms with Crippen molar-refractivity contribution in [2.75, 3.05) is 42.9 Å². The molecule has 6 nitrogen and oxygen atoms in total. The van der Waals surface area contributed by atoms with Gasteiger partial charge in [0.2, 0.25) is 5.91 Å². The first-order valence-electron chi connectivity index (χ1n) is 5.67. The second-order valence-corrected chi connectivity index (χ2v) is 6.31. The quantitative estimate of drug-likeness (QED) is 0.759. The standard InChI is InChI=1S/C12H18N2O4S/c1-14(11-5-3-10(13)4-6-11)12(15)9-19(16,17)8-7-18-2/h3-6H,7-9,13H2,1-2H3. The van der Waals surface area contributed by atoms with Gasteiger partial charge in [-0.2, -0.15) is 0 Å². The third kappa shape index (κ3) is 4.88. The number of anilines is 2. The monoisotopic (exact) mass is 286 g/mol. The highest BCUT2D eigenvalue weighted by Gasteiger charge is 2.20. The molecule has 0 radical (unpaired) electrons. The van der Waals surface area contributed by atoms with Gasteiger partial charge in [0.1, 0.15) is 5.75 Å². The van der Waals surface area contributed by atoms with Crippen LogP contribution in [-0.2, 0) is 19.4 Å². The number of hydrogen-bond acceptors (Lipinski definition) is 5. The fourth-order valence-electron chi connectivity index (χ4n) is 1.41. The van der Waals surface area contributed by atoms with E-state index < -0.39 is 21.5 Å². The van der Waals surface area contributed by atoms with Crippen molar-refractivity contribution < 1.29 is 17.9 Å². The Morgan fingerprint density at radius 2 is 1.89 bits per heavy atom. The first-order valence-corrected chi connectivity index (χ1v) is 7.49. The molecule has 19 heavy (non-hydrogen) atoms. The number of nitrogen functional groups attached to an aromatic ring is 1. The maximum absolute atomic E-state index is 11.9. The van der Waals surface area contributed by atoms with Crippen LogP contribution in [0.15, 0.2) is 24.3 Å². The highest BCUT2D eigenvalue weighted by atomic mass is 32.2. The van der Waals surface area contributed by atoms with Gasteiger partial charge in [-0.1, -0.05) is 0 Å². The van der Waals surface area contributed by atoms with Gasteiger partial charge in [-0.15, -0.1) is 0 Å². The van der Waals surface area contributed by atoms with Crippen molar-refractivity contribution in [2.24, 2.45) is 0 Å². The van der Waals surface area contributed by atoms with E-state index in [1.165, 1.54) is 19.1 Å². The molecule has 0 spiro atoms. The number of nitrogens with two attached hydrogens (primary N) is 1. The van der Waals surface area contributed by atoms with Crippen LogP contribution in [0.4, 0.5) is 11.4 Å². The van der Waals surface area contributed by atoms with E-state index in [4.69, 9.17) is 10.5 Å². The minimum absolute atomic E-state index is 0.0845. The molecule has 0 aliphatic carbocycles. The largest absolute Gasteiger partial charge is 0.399 e. The van der Waals surface area contributed by atoms with Crippen LogP contribution in [0.25, 0.3) is 0 Å². The van der Waals surface area contributed by atoms with E-state index >= 15 is 0 Å². The number of nitrogens with zero attached hydrogens (tertiary/aromatic N) is 1. The minimum atomic E-state index is -3.45. The van der Waals surface area contributed by atoms with Crippen LogP contribution >= 0.6 is 0 Å². The average molecular weight is 286 g/mol. The molecule has 0 unspecified atom stereocenters. The molecule has 0 atom stereocenters. The third-order valence-electron chi connectivity index (χ3n) is 2.60. The number of carbonyl (C=O) groups excluding carboxylic acids is 1. The Morgan fingerprint density at radius 1 is 1.32 bits per heavy atom. The third-order valence-corrected chi connectivity index (χ3v) is 4.07. The maximum Gasteiger partial charge on any atom is 0.241 e. The molecule has 0 fully saturated rings. The molecule has 0 heterocycles. The lowest BCUT2D eigenvalue weighted by atomic mass is 10.2. The molecule has 7 heteroatoms. The number of methoxy groups -OCH3 is 1. The molecular weight excluding hydrogens is 268 g/mol. The normalized spacial score (nSPS) is 11.3. The Morgan fingerprint density at radius 3 is 2.42 bits per heavy atom. The second-order valence-electron chi connectivity index (χ2n) is 4.13. The van der Waals surface area contributed by atoms with Gasteiger partial charge in [-0.3, -0.25) is 4.79 Å². The first kappa shape index (κ1) is 15.5. The lowest BCUT2D eigenvalue weighted by Crippen LogP contribution is -2.33. The Balaban J connectivity index is 2.70. The average Bonchev–Trinajstić information content (AvgIpc) is 2.36. The second kappa shape index (κ2) is 6.53.